The van der Waals surface area contributed by atoms with Crippen LogP contribution < -0.4 is 10.1 Å². The lowest BCUT2D eigenvalue weighted by atomic mass is 10.1. The molecule has 1 aliphatic heterocycles. The summed E-state index contributed by atoms with van der Waals surface area (Å²) >= 11 is 8.18. The minimum atomic E-state index is -0.540. The summed E-state index contributed by atoms with van der Waals surface area (Å²) in [6.45, 7) is 0. The van der Waals surface area contributed by atoms with Crippen LogP contribution in [0.2, 0.25) is 0 Å². The summed E-state index contributed by atoms with van der Waals surface area (Å²) in [5.41, 5.74) is 2.35. The second kappa shape index (κ2) is 6.38. The van der Waals surface area contributed by atoms with Crippen molar-refractivity contribution in [3.05, 3.63) is 45.2 Å². The number of hydrogen-bond donors (Lipinski definition) is 1. The Kier molecular flexibility index (Phi) is 4.23. The number of ether oxygens (including phenoxy) is 1. The van der Waals surface area contributed by atoms with Gasteiger partial charge < -0.3 is 14.5 Å². The number of anilines is 1. The fourth-order valence-corrected chi connectivity index (χ4v) is 3.26. The number of para-hydroxylation sites is 1. The van der Waals surface area contributed by atoms with E-state index in [-0.39, 0.29) is 0 Å². The molecule has 1 N–H and O–H groups in total. The number of benzene rings is 1. The van der Waals surface area contributed by atoms with Crippen LogP contribution in [0.15, 0.2) is 49.0 Å². The van der Waals surface area contributed by atoms with E-state index in [4.69, 9.17) is 9.15 Å². The molecule has 122 valence electrons. The van der Waals surface area contributed by atoms with Gasteiger partial charge in [0.15, 0.2) is 16.1 Å². The predicted molar refractivity (Wildman–Crippen MR) is 98.1 cm³/mol. The molecule has 1 aliphatic rings. The van der Waals surface area contributed by atoms with Crippen LogP contribution in [0.5, 0.6) is 5.88 Å². The maximum atomic E-state index is 6.06. The van der Waals surface area contributed by atoms with Gasteiger partial charge in [-0.05, 0) is 44.2 Å². The van der Waals surface area contributed by atoms with E-state index >= 15 is 0 Å². The van der Waals surface area contributed by atoms with E-state index in [0.29, 0.717) is 27.2 Å². The Bertz CT molecular complexity index is 899. The molecule has 2 aromatic heterocycles. The Morgan fingerprint density at radius 3 is 2.79 bits per heavy atom. The fraction of sp³-hybridized carbons (Fsp3) is 0.133. The highest BCUT2D eigenvalue weighted by atomic mass is 79.9. The number of halogens is 2. The van der Waals surface area contributed by atoms with E-state index in [1.807, 2.05) is 36.6 Å². The molecule has 0 amide bonds. The average molecular weight is 470 g/mol. The SMILES string of the molecule is CSc1nnc2c(n1)O[C@H](c1cc(Br)c(Br)o1)Nc1ccccc1-2. The fourth-order valence-electron chi connectivity index (χ4n) is 2.35. The van der Waals surface area contributed by atoms with Crippen molar-refractivity contribution < 1.29 is 9.15 Å². The highest BCUT2D eigenvalue weighted by molar-refractivity contribution is 9.13. The molecule has 3 aromatic rings. The minimum Gasteiger partial charge on any atom is -0.447 e. The third kappa shape index (κ3) is 2.80. The summed E-state index contributed by atoms with van der Waals surface area (Å²) in [5.74, 6) is 1.03. The maximum absolute atomic E-state index is 6.06. The molecule has 9 heteroatoms. The summed E-state index contributed by atoms with van der Waals surface area (Å²) in [6.07, 6.45) is 1.35. The van der Waals surface area contributed by atoms with Crippen LogP contribution in [0.25, 0.3) is 11.3 Å². The van der Waals surface area contributed by atoms with Crippen molar-refractivity contribution in [3.63, 3.8) is 0 Å². The largest absolute Gasteiger partial charge is 0.447 e. The molecule has 0 bridgehead atoms. The summed E-state index contributed by atoms with van der Waals surface area (Å²) in [6, 6.07) is 9.64. The molecule has 24 heavy (non-hydrogen) atoms. The smallest absolute Gasteiger partial charge is 0.247 e. The number of aromatic nitrogens is 3. The normalized spacial score (nSPS) is 15.7. The van der Waals surface area contributed by atoms with Gasteiger partial charge in [-0.25, -0.2) is 0 Å². The monoisotopic (exact) mass is 468 g/mol. The molecule has 0 unspecified atom stereocenters. The number of rotatable bonds is 2. The number of hydrogen-bond acceptors (Lipinski definition) is 7. The van der Waals surface area contributed by atoms with Crippen molar-refractivity contribution in [2.45, 2.75) is 11.4 Å². The number of fused-ring (bicyclic) bond motifs is 3. The minimum absolute atomic E-state index is 0.417. The molecular formula is C15H10Br2N4O2S. The van der Waals surface area contributed by atoms with Gasteiger partial charge in [0, 0.05) is 17.3 Å². The van der Waals surface area contributed by atoms with Gasteiger partial charge in [-0.3, -0.25) is 0 Å². The van der Waals surface area contributed by atoms with Crippen LogP contribution in [-0.2, 0) is 0 Å². The zero-order chi connectivity index (χ0) is 16.7. The van der Waals surface area contributed by atoms with E-state index in [2.05, 4.69) is 52.4 Å². The van der Waals surface area contributed by atoms with E-state index in [1.54, 1.807) is 0 Å². The van der Waals surface area contributed by atoms with Gasteiger partial charge in [0.1, 0.15) is 0 Å². The van der Waals surface area contributed by atoms with Gasteiger partial charge in [-0.1, -0.05) is 30.0 Å². The second-order valence-corrected chi connectivity index (χ2v) is 7.26. The second-order valence-electron chi connectivity index (χ2n) is 4.91. The van der Waals surface area contributed by atoms with Crippen LogP contribution in [0, 0.1) is 0 Å². The first-order valence-electron chi connectivity index (χ1n) is 6.91. The van der Waals surface area contributed by atoms with E-state index < -0.39 is 6.23 Å². The van der Waals surface area contributed by atoms with Gasteiger partial charge in [0.25, 0.3) is 0 Å². The van der Waals surface area contributed by atoms with Crippen molar-refractivity contribution >= 4 is 49.3 Å². The van der Waals surface area contributed by atoms with Gasteiger partial charge in [-0.2, -0.15) is 4.98 Å². The molecule has 3 heterocycles. The van der Waals surface area contributed by atoms with Crippen LogP contribution in [0.1, 0.15) is 12.0 Å². The van der Waals surface area contributed by atoms with E-state index in [9.17, 15) is 0 Å². The Hall–Kier alpha value is -1.58. The Balaban J connectivity index is 1.86. The summed E-state index contributed by atoms with van der Waals surface area (Å²) in [7, 11) is 0. The third-order valence-corrected chi connectivity index (χ3v) is 5.69. The number of thioether (sulfide) groups is 1. The zero-order valence-electron chi connectivity index (χ0n) is 12.3. The zero-order valence-corrected chi connectivity index (χ0v) is 16.3. The number of nitrogens with one attached hydrogen (secondary N) is 1. The van der Waals surface area contributed by atoms with Crippen LogP contribution in [0.3, 0.4) is 0 Å². The van der Waals surface area contributed by atoms with Crippen LogP contribution in [-0.4, -0.2) is 21.4 Å². The molecule has 0 radical (unpaired) electrons. The first-order chi connectivity index (χ1) is 11.7. The molecule has 0 aliphatic carbocycles. The molecule has 1 atom stereocenters. The van der Waals surface area contributed by atoms with Crippen molar-refractivity contribution in [1.29, 1.82) is 0 Å². The Labute approximate surface area is 158 Å². The standard InChI is InChI=1S/C15H10Br2N4O2S/c1-24-15-19-14-11(20-21-15)7-4-2-3-5-9(7)18-13(23-14)10-6-8(16)12(17)22-10/h2-6,13,18H,1H3/t13-/m1/s1. The Morgan fingerprint density at radius 1 is 1.21 bits per heavy atom. The van der Waals surface area contributed by atoms with Crippen molar-refractivity contribution in [2.75, 3.05) is 11.6 Å². The first-order valence-corrected chi connectivity index (χ1v) is 9.73. The molecule has 0 saturated heterocycles. The van der Waals surface area contributed by atoms with Gasteiger partial charge in [-0.15, -0.1) is 10.2 Å². The first kappa shape index (κ1) is 15.9. The van der Waals surface area contributed by atoms with Crippen molar-refractivity contribution in [3.8, 4) is 17.1 Å². The number of furan rings is 1. The van der Waals surface area contributed by atoms with Gasteiger partial charge in [0.2, 0.25) is 17.3 Å². The average Bonchev–Trinajstić information content (AvgIpc) is 2.85. The summed E-state index contributed by atoms with van der Waals surface area (Å²) in [4.78, 5) is 4.46. The quantitative estimate of drug-likeness (QED) is 0.536. The highest BCUT2D eigenvalue weighted by Gasteiger charge is 2.28. The molecule has 0 fully saturated rings. The lowest BCUT2D eigenvalue weighted by Crippen LogP contribution is -2.16. The maximum Gasteiger partial charge on any atom is 0.247 e. The van der Waals surface area contributed by atoms with Crippen molar-refractivity contribution in [1.82, 2.24) is 15.2 Å². The summed E-state index contributed by atoms with van der Waals surface area (Å²) in [5, 5.41) is 12.3. The lowest BCUT2D eigenvalue weighted by Gasteiger charge is -2.16. The Morgan fingerprint density at radius 2 is 2.04 bits per heavy atom. The molecule has 4 rings (SSSR count). The lowest BCUT2D eigenvalue weighted by molar-refractivity contribution is 0.194. The highest BCUT2D eigenvalue weighted by Crippen LogP contribution is 2.40. The van der Waals surface area contributed by atoms with Crippen molar-refractivity contribution in [2.24, 2.45) is 0 Å². The topological polar surface area (TPSA) is 73.1 Å². The predicted octanol–water partition coefficient (Wildman–Crippen LogP) is 4.88. The summed E-state index contributed by atoms with van der Waals surface area (Å²) < 4.78 is 13.2. The molecule has 0 spiro atoms. The van der Waals surface area contributed by atoms with Gasteiger partial charge in [0.05, 0.1) is 4.47 Å². The van der Waals surface area contributed by atoms with E-state index in [0.717, 1.165) is 15.7 Å². The molecule has 6 nitrogen and oxygen atoms in total. The third-order valence-electron chi connectivity index (χ3n) is 3.44. The van der Waals surface area contributed by atoms with Gasteiger partial charge >= 0.3 is 0 Å². The van der Waals surface area contributed by atoms with Crippen LogP contribution >= 0.6 is 43.6 Å². The molecular weight excluding hydrogens is 460 g/mol. The molecule has 1 aromatic carbocycles. The van der Waals surface area contributed by atoms with Crippen LogP contribution in [0.4, 0.5) is 5.69 Å². The number of nitrogens with zero attached hydrogens (tertiary/aromatic N) is 3. The molecule has 0 saturated carbocycles. The van der Waals surface area contributed by atoms with E-state index in [1.165, 1.54) is 11.8 Å².